The Kier molecular flexibility index (Phi) is 6.66. The van der Waals surface area contributed by atoms with Gasteiger partial charge in [0.2, 0.25) is 0 Å². The van der Waals surface area contributed by atoms with Gasteiger partial charge in [0.25, 0.3) is 0 Å². The molecule has 1 heterocycles. The number of hydrogen-bond acceptors (Lipinski definition) is 3. The molecule has 0 aliphatic carbocycles. The molecule has 0 spiro atoms. The molecule has 1 N–H and O–H groups in total. The average Bonchev–Trinajstić information content (AvgIpc) is 2.87. The highest BCUT2D eigenvalue weighted by atomic mass is 19.1. The van der Waals surface area contributed by atoms with Crippen LogP contribution in [0.2, 0.25) is 0 Å². The summed E-state index contributed by atoms with van der Waals surface area (Å²) in [5.74, 6) is 0.741. The Bertz CT molecular complexity index is 1210. The first-order chi connectivity index (χ1) is 16.3. The van der Waals surface area contributed by atoms with E-state index in [2.05, 4.69) is 41.7 Å². The van der Waals surface area contributed by atoms with Gasteiger partial charge in [0.05, 0.1) is 12.7 Å². The minimum Gasteiger partial charge on any atom is -0.488 e. The predicted octanol–water partition coefficient (Wildman–Crippen LogP) is 6.22. The van der Waals surface area contributed by atoms with E-state index in [-0.39, 0.29) is 17.8 Å². The van der Waals surface area contributed by atoms with Crippen molar-refractivity contribution in [3.63, 3.8) is 0 Å². The Balaban J connectivity index is 1.35. The van der Waals surface area contributed by atoms with Crippen molar-refractivity contribution in [2.24, 2.45) is 0 Å². The van der Waals surface area contributed by atoms with Crippen molar-refractivity contribution in [2.75, 3.05) is 13.1 Å². The summed E-state index contributed by atoms with van der Waals surface area (Å²) in [7, 11) is 0. The number of hydrogen-bond donors (Lipinski definition) is 1. The molecule has 1 aliphatic heterocycles. The Morgan fingerprint density at radius 1 is 0.818 bits per heavy atom. The zero-order chi connectivity index (χ0) is 22.5. The van der Waals surface area contributed by atoms with Crippen LogP contribution >= 0.6 is 0 Å². The van der Waals surface area contributed by atoms with Crippen LogP contribution in [-0.4, -0.2) is 19.2 Å². The Morgan fingerprint density at radius 2 is 1.61 bits per heavy atom. The van der Waals surface area contributed by atoms with Gasteiger partial charge in [-0.3, -0.25) is 0 Å². The second-order valence-corrected chi connectivity index (χ2v) is 8.56. The summed E-state index contributed by atoms with van der Waals surface area (Å²) in [5.41, 5.74) is 2.92. The summed E-state index contributed by atoms with van der Waals surface area (Å²) >= 11 is 0. The third kappa shape index (κ3) is 5.08. The highest BCUT2D eigenvalue weighted by molar-refractivity contribution is 5.89. The standard InChI is InChI=1S/C29H28FNO2/c30-27-13-7-6-12-25(27)26-14-15-31-18-29(26)33-20-22-16-23-10-4-5-11-24(23)28(17-22)32-19-21-8-2-1-3-9-21/h1-13,16-17,26,29,31H,14-15,18-20H2/t26-,29+/m1/s1. The molecule has 0 bridgehead atoms. The van der Waals surface area contributed by atoms with E-state index in [0.29, 0.717) is 19.8 Å². The highest BCUT2D eigenvalue weighted by Gasteiger charge is 2.29. The van der Waals surface area contributed by atoms with Gasteiger partial charge < -0.3 is 14.8 Å². The molecule has 0 unspecified atom stereocenters. The molecule has 3 nitrogen and oxygen atoms in total. The normalized spacial score (nSPS) is 18.3. The van der Waals surface area contributed by atoms with Crippen LogP contribution in [0.25, 0.3) is 10.8 Å². The molecule has 1 saturated heterocycles. The van der Waals surface area contributed by atoms with Gasteiger partial charge >= 0.3 is 0 Å². The van der Waals surface area contributed by atoms with Gasteiger partial charge in [-0.25, -0.2) is 4.39 Å². The molecule has 5 rings (SSSR count). The van der Waals surface area contributed by atoms with Crippen LogP contribution in [0, 0.1) is 5.82 Å². The molecule has 1 aliphatic rings. The zero-order valence-electron chi connectivity index (χ0n) is 18.5. The average molecular weight is 442 g/mol. The summed E-state index contributed by atoms with van der Waals surface area (Å²) < 4.78 is 27.1. The molecule has 0 amide bonds. The monoisotopic (exact) mass is 441 g/mol. The maximum absolute atomic E-state index is 14.5. The van der Waals surface area contributed by atoms with Crippen LogP contribution in [0.4, 0.5) is 4.39 Å². The molecule has 1 fully saturated rings. The maximum atomic E-state index is 14.5. The molecule has 0 saturated carbocycles. The van der Waals surface area contributed by atoms with Crippen molar-refractivity contribution in [3.05, 3.63) is 114 Å². The Hall–Kier alpha value is -3.21. The molecule has 4 aromatic rings. The second-order valence-electron chi connectivity index (χ2n) is 8.56. The van der Waals surface area contributed by atoms with E-state index in [1.807, 2.05) is 42.5 Å². The van der Waals surface area contributed by atoms with E-state index in [0.717, 1.165) is 46.2 Å². The Morgan fingerprint density at radius 3 is 2.48 bits per heavy atom. The van der Waals surface area contributed by atoms with Crippen molar-refractivity contribution in [2.45, 2.75) is 31.7 Å². The van der Waals surface area contributed by atoms with E-state index in [9.17, 15) is 4.39 Å². The lowest BCUT2D eigenvalue weighted by Gasteiger charge is -2.32. The summed E-state index contributed by atoms with van der Waals surface area (Å²) in [6.07, 6.45) is 0.769. The fraction of sp³-hybridized carbons (Fsp3) is 0.241. The van der Waals surface area contributed by atoms with Gasteiger partial charge in [0.15, 0.2) is 0 Å². The number of benzene rings is 4. The number of fused-ring (bicyclic) bond motifs is 1. The second kappa shape index (κ2) is 10.2. The van der Waals surface area contributed by atoms with Crippen LogP contribution in [-0.2, 0) is 18.0 Å². The van der Waals surface area contributed by atoms with Crippen LogP contribution in [0.1, 0.15) is 29.0 Å². The number of nitrogens with one attached hydrogen (secondary N) is 1. The van der Waals surface area contributed by atoms with Crippen LogP contribution in [0.15, 0.2) is 91.0 Å². The van der Waals surface area contributed by atoms with Gasteiger partial charge in [-0.1, -0.05) is 72.8 Å². The molecule has 2 atom stereocenters. The Labute approximate surface area is 194 Å². The molecule has 33 heavy (non-hydrogen) atoms. The van der Waals surface area contributed by atoms with Gasteiger partial charge in [-0.05, 0) is 53.2 Å². The summed E-state index contributed by atoms with van der Waals surface area (Å²) in [5, 5.41) is 5.60. The van der Waals surface area contributed by atoms with Gasteiger partial charge in [0.1, 0.15) is 18.2 Å². The van der Waals surface area contributed by atoms with Crippen molar-refractivity contribution in [1.82, 2.24) is 5.32 Å². The molecule has 4 heteroatoms. The molecule has 0 aromatic heterocycles. The number of ether oxygens (including phenoxy) is 2. The third-order valence-electron chi connectivity index (χ3n) is 6.32. The van der Waals surface area contributed by atoms with Gasteiger partial charge in [-0.15, -0.1) is 0 Å². The molecular formula is C29H28FNO2. The third-order valence-corrected chi connectivity index (χ3v) is 6.32. The van der Waals surface area contributed by atoms with E-state index in [1.165, 1.54) is 6.07 Å². The van der Waals surface area contributed by atoms with E-state index < -0.39 is 0 Å². The summed E-state index contributed by atoms with van der Waals surface area (Å²) in [6.45, 7) is 2.54. The van der Waals surface area contributed by atoms with Gasteiger partial charge in [0, 0.05) is 17.8 Å². The first-order valence-corrected chi connectivity index (χ1v) is 11.5. The van der Waals surface area contributed by atoms with Crippen molar-refractivity contribution in [1.29, 1.82) is 0 Å². The minimum atomic E-state index is -0.152. The van der Waals surface area contributed by atoms with E-state index in [1.54, 1.807) is 6.07 Å². The lowest BCUT2D eigenvalue weighted by atomic mass is 9.87. The number of rotatable bonds is 7. The quantitative estimate of drug-likeness (QED) is 0.369. The highest BCUT2D eigenvalue weighted by Crippen LogP contribution is 2.32. The van der Waals surface area contributed by atoms with Crippen molar-refractivity contribution in [3.8, 4) is 5.75 Å². The molecule has 168 valence electrons. The largest absolute Gasteiger partial charge is 0.488 e. The molecule has 4 aromatic carbocycles. The first kappa shape index (κ1) is 21.6. The number of halogens is 1. The fourth-order valence-electron chi connectivity index (χ4n) is 4.61. The zero-order valence-corrected chi connectivity index (χ0v) is 18.5. The fourth-order valence-corrected chi connectivity index (χ4v) is 4.61. The van der Waals surface area contributed by atoms with Crippen LogP contribution in [0.5, 0.6) is 5.75 Å². The molecule has 0 radical (unpaired) electrons. The number of piperidine rings is 1. The van der Waals surface area contributed by atoms with Crippen molar-refractivity contribution >= 4 is 10.8 Å². The summed E-state index contributed by atoms with van der Waals surface area (Å²) in [4.78, 5) is 0. The smallest absolute Gasteiger partial charge is 0.127 e. The first-order valence-electron chi connectivity index (χ1n) is 11.5. The van der Waals surface area contributed by atoms with Crippen molar-refractivity contribution < 1.29 is 13.9 Å². The minimum absolute atomic E-state index is 0.0432. The van der Waals surface area contributed by atoms with Crippen LogP contribution in [0.3, 0.4) is 0 Å². The maximum Gasteiger partial charge on any atom is 0.127 e. The lowest BCUT2D eigenvalue weighted by Crippen LogP contribution is -2.41. The van der Waals surface area contributed by atoms with Crippen LogP contribution < -0.4 is 10.1 Å². The topological polar surface area (TPSA) is 30.5 Å². The lowest BCUT2D eigenvalue weighted by molar-refractivity contribution is 0.00981. The molecular weight excluding hydrogens is 413 g/mol. The summed E-state index contributed by atoms with van der Waals surface area (Å²) in [6, 6.07) is 29.7. The van der Waals surface area contributed by atoms with E-state index >= 15 is 0 Å². The predicted molar refractivity (Wildman–Crippen MR) is 130 cm³/mol. The SMILES string of the molecule is Fc1ccccc1[C@H]1CCNC[C@@H]1OCc1cc(OCc2ccccc2)c2ccccc2c1. The van der Waals surface area contributed by atoms with Gasteiger partial charge in [-0.2, -0.15) is 0 Å². The van der Waals surface area contributed by atoms with E-state index in [4.69, 9.17) is 9.47 Å².